The topological polar surface area (TPSA) is 26.0 Å². The van der Waals surface area contributed by atoms with E-state index in [0.717, 1.165) is 11.1 Å². The van der Waals surface area contributed by atoms with Crippen molar-refractivity contribution in [2.75, 3.05) is 0 Å². The Bertz CT molecular complexity index is 320. The molecule has 0 bridgehead atoms. The lowest BCUT2D eigenvalue weighted by molar-refractivity contribution is -0.138. The van der Waals surface area contributed by atoms with E-state index in [0.29, 0.717) is 0 Å². The molecule has 1 rings (SSSR count). The summed E-state index contributed by atoms with van der Waals surface area (Å²) in [6.07, 6.45) is -4.84. The van der Waals surface area contributed by atoms with Gasteiger partial charge in [0, 0.05) is 6.04 Å². The molecule has 0 amide bonds. The standard InChI is InChI=1S/C11H14F3N/c1-8-4-2-3-5-9(8)6-10(15)7-11(12,13)14/h2-5,10H,6-7,15H2,1H3. The maximum atomic E-state index is 12.0. The van der Waals surface area contributed by atoms with Crippen molar-refractivity contribution in [3.63, 3.8) is 0 Å². The molecule has 84 valence electrons. The zero-order valence-corrected chi connectivity index (χ0v) is 8.51. The van der Waals surface area contributed by atoms with Crippen LogP contribution in [0.3, 0.4) is 0 Å². The Morgan fingerprint density at radius 1 is 1.27 bits per heavy atom. The van der Waals surface area contributed by atoms with Gasteiger partial charge in [-0.2, -0.15) is 13.2 Å². The predicted octanol–water partition coefficient (Wildman–Crippen LogP) is 2.82. The predicted molar refractivity (Wildman–Crippen MR) is 53.5 cm³/mol. The third-order valence-corrected chi connectivity index (χ3v) is 2.24. The van der Waals surface area contributed by atoms with Gasteiger partial charge >= 0.3 is 6.18 Å². The van der Waals surface area contributed by atoms with Crippen LogP contribution in [0.1, 0.15) is 17.5 Å². The molecule has 4 heteroatoms. The minimum Gasteiger partial charge on any atom is -0.327 e. The van der Waals surface area contributed by atoms with Crippen molar-refractivity contribution in [2.24, 2.45) is 5.73 Å². The summed E-state index contributed by atoms with van der Waals surface area (Å²) in [5.74, 6) is 0. The van der Waals surface area contributed by atoms with E-state index in [4.69, 9.17) is 5.73 Å². The van der Waals surface area contributed by atoms with Crippen LogP contribution in [-0.2, 0) is 6.42 Å². The molecule has 1 unspecified atom stereocenters. The summed E-state index contributed by atoms with van der Waals surface area (Å²) < 4.78 is 36.1. The minimum absolute atomic E-state index is 0.270. The highest BCUT2D eigenvalue weighted by Crippen LogP contribution is 2.22. The van der Waals surface area contributed by atoms with Gasteiger partial charge in [0.1, 0.15) is 0 Å². The molecule has 0 saturated heterocycles. The van der Waals surface area contributed by atoms with Crippen molar-refractivity contribution in [3.05, 3.63) is 35.4 Å². The molecule has 0 fully saturated rings. The SMILES string of the molecule is Cc1ccccc1CC(N)CC(F)(F)F. The second kappa shape index (κ2) is 4.66. The number of nitrogens with two attached hydrogens (primary N) is 1. The molecule has 1 atom stereocenters. The Hall–Kier alpha value is -1.03. The first-order chi connectivity index (χ1) is 6.88. The quantitative estimate of drug-likeness (QED) is 0.827. The number of hydrogen-bond acceptors (Lipinski definition) is 1. The third-order valence-electron chi connectivity index (χ3n) is 2.24. The lowest BCUT2D eigenvalue weighted by Gasteiger charge is -2.15. The minimum atomic E-state index is -4.18. The van der Waals surface area contributed by atoms with E-state index in [1.807, 2.05) is 31.2 Å². The van der Waals surface area contributed by atoms with Crippen molar-refractivity contribution in [2.45, 2.75) is 32.0 Å². The van der Waals surface area contributed by atoms with E-state index in [9.17, 15) is 13.2 Å². The zero-order valence-electron chi connectivity index (χ0n) is 8.51. The average Bonchev–Trinajstić information content (AvgIpc) is 2.05. The van der Waals surface area contributed by atoms with Crippen molar-refractivity contribution in [1.82, 2.24) is 0 Å². The van der Waals surface area contributed by atoms with E-state index < -0.39 is 18.6 Å². The molecule has 0 aliphatic rings. The molecular weight excluding hydrogens is 203 g/mol. The maximum Gasteiger partial charge on any atom is 0.390 e. The van der Waals surface area contributed by atoms with Gasteiger partial charge in [-0.25, -0.2) is 0 Å². The van der Waals surface area contributed by atoms with Crippen LogP contribution >= 0.6 is 0 Å². The summed E-state index contributed by atoms with van der Waals surface area (Å²) >= 11 is 0. The second-order valence-corrected chi connectivity index (χ2v) is 3.71. The molecule has 1 nitrogen and oxygen atoms in total. The molecule has 0 heterocycles. The van der Waals surface area contributed by atoms with E-state index >= 15 is 0 Å². The van der Waals surface area contributed by atoms with Crippen LogP contribution in [0.15, 0.2) is 24.3 Å². The van der Waals surface area contributed by atoms with Crippen molar-refractivity contribution in [1.29, 1.82) is 0 Å². The highest BCUT2D eigenvalue weighted by atomic mass is 19.4. The molecule has 2 N–H and O–H groups in total. The number of halogens is 3. The van der Waals surface area contributed by atoms with E-state index in [-0.39, 0.29) is 6.42 Å². The summed E-state index contributed by atoms with van der Waals surface area (Å²) in [7, 11) is 0. The first-order valence-corrected chi connectivity index (χ1v) is 4.75. The number of hydrogen-bond donors (Lipinski definition) is 1. The van der Waals surface area contributed by atoms with E-state index in [2.05, 4.69) is 0 Å². The number of alkyl halides is 3. The fourth-order valence-corrected chi connectivity index (χ4v) is 1.49. The third kappa shape index (κ3) is 4.34. The van der Waals surface area contributed by atoms with Gasteiger partial charge in [-0.3, -0.25) is 0 Å². The van der Waals surface area contributed by atoms with Crippen LogP contribution in [0.25, 0.3) is 0 Å². The summed E-state index contributed by atoms with van der Waals surface area (Å²) in [5, 5.41) is 0. The molecule has 0 spiro atoms. The van der Waals surface area contributed by atoms with Gasteiger partial charge in [0.05, 0.1) is 6.42 Å². The van der Waals surface area contributed by atoms with Gasteiger partial charge in [-0.05, 0) is 24.5 Å². The van der Waals surface area contributed by atoms with E-state index in [1.54, 1.807) is 0 Å². The van der Waals surface area contributed by atoms with Gasteiger partial charge in [-0.1, -0.05) is 24.3 Å². The van der Waals surface area contributed by atoms with Crippen molar-refractivity contribution >= 4 is 0 Å². The van der Waals surface area contributed by atoms with Crippen molar-refractivity contribution < 1.29 is 13.2 Å². The summed E-state index contributed by atoms with van der Waals surface area (Å²) in [5.41, 5.74) is 7.31. The van der Waals surface area contributed by atoms with Crippen LogP contribution < -0.4 is 5.73 Å². The lowest BCUT2D eigenvalue weighted by atomic mass is 10.00. The average molecular weight is 217 g/mol. The van der Waals surface area contributed by atoms with Gasteiger partial charge in [0.2, 0.25) is 0 Å². The molecule has 0 aliphatic carbocycles. The first kappa shape index (κ1) is 12.0. The monoisotopic (exact) mass is 217 g/mol. The second-order valence-electron chi connectivity index (χ2n) is 3.71. The number of benzene rings is 1. The Morgan fingerprint density at radius 3 is 2.40 bits per heavy atom. The zero-order chi connectivity index (χ0) is 11.5. The van der Waals surface area contributed by atoms with E-state index in [1.165, 1.54) is 0 Å². The van der Waals surface area contributed by atoms with Crippen LogP contribution in [0, 0.1) is 6.92 Å². The van der Waals surface area contributed by atoms with Gasteiger partial charge in [0.15, 0.2) is 0 Å². The first-order valence-electron chi connectivity index (χ1n) is 4.75. The lowest BCUT2D eigenvalue weighted by Crippen LogP contribution is -2.29. The number of aryl methyl sites for hydroxylation is 1. The van der Waals surface area contributed by atoms with Crippen LogP contribution in [0.2, 0.25) is 0 Å². The normalized spacial score (nSPS) is 13.9. The van der Waals surface area contributed by atoms with Gasteiger partial charge in [0.25, 0.3) is 0 Å². The highest BCUT2D eigenvalue weighted by molar-refractivity contribution is 5.26. The fourth-order valence-electron chi connectivity index (χ4n) is 1.49. The summed E-state index contributed by atoms with van der Waals surface area (Å²) in [6, 6.07) is 6.49. The van der Waals surface area contributed by atoms with Crippen LogP contribution in [0.5, 0.6) is 0 Å². The van der Waals surface area contributed by atoms with Crippen molar-refractivity contribution in [3.8, 4) is 0 Å². The summed E-state index contributed by atoms with van der Waals surface area (Å²) in [4.78, 5) is 0. The molecule has 0 aliphatic heterocycles. The molecule has 1 aromatic carbocycles. The Balaban J connectivity index is 2.59. The molecule has 15 heavy (non-hydrogen) atoms. The Labute approximate surface area is 87.1 Å². The number of rotatable bonds is 3. The largest absolute Gasteiger partial charge is 0.390 e. The van der Waals surface area contributed by atoms with Gasteiger partial charge in [-0.15, -0.1) is 0 Å². The maximum absolute atomic E-state index is 12.0. The molecular formula is C11H14F3N. The molecule has 1 aromatic rings. The Morgan fingerprint density at radius 2 is 1.87 bits per heavy atom. The van der Waals surface area contributed by atoms with Crippen LogP contribution in [0.4, 0.5) is 13.2 Å². The smallest absolute Gasteiger partial charge is 0.327 e. The fraction of sp³-hybridized carbons (Fsp3) is 0.455. The summed E-state index contributed by atoms with van der Waals surface area (Å²) in [6.45, 7) is 1.87. The van der Waals surface area contributed by atoms with Crippen LogP contribution in [-0.4, -0.2) is 12.2 Å². The molecule has 0 radical (unpaired) electrons. The Kier molecular flexibility index (Phi) is 3.74. The molecule has 0 aromatic heterocycles. The molecule has 0 saturated carbocycles. The highest BCUT2D eigenvalue weighted by Gasteiger charge is 2.30. The van der Waals surface area contributed by atoms with Gasteiger partial charge < -0.3 is 5.73 Å².